The zero-order valence-corrected chi connectivity index (χ0v) is 20.5. The third kappa shape index (κ3) is 6.82. The van der Waals surface area contributed by atoms with E-state index in [1.165, 1.54) is 0 Å². The minimum Gasteiger partial charge on any atom is -0.376 e. The molecule has 7 heteroatoms. The van der Waals surface area contributed by atoms with E-state index in [-0.39, 0.29) is 24.3 Å². The van der Waals surface area contributed by atoms with Crippen LogP contribution in [0.1, 0.15) is 27.6 Å². The van der Waals surface area contributed by atoms with Gasteiger partial charge < -0.3 is 20.9 Å². The smallest absolute Gasteiger partial charge is 0.258 e. The topological polar surface area (TPSA) is 90.5 Å². The standard InChI is InChI=1S/C30H28N4O3/c1-2-34(27-17-7-4-8-18-27)30(37)23-13-9-14-24(19-23)31-21-28(35)32-25-15-10-16-26(20-25)33-29(36)22-11-5-3-6-12-22/h3-20,31H,2,21H2,1H3,(H,32,35)(H,33,36). The molecular formula is C30H28N4O3. The molecule has 0 aromatic heterocycles. The zero-order chi connectivity index (χ0) is 26.0. The number of carbonyl (C=O) groups excluding carboxylic acids is 3. The normalized spacial score (nSPS) is 10.3. The molecule has 0 aliphatic rings. The van der Waals surface area contributed by atoms with Crippen LogP contribution in [0.25, 0.3) is 0 Å². The third-order valence-electron chi connectivity index (χ3n) is 5.63. The van der Waals surface area contributed by atoms with Gasteiger partial charge in [-0.1, -0.05) is 48.5 Å². The summed E-state index contributed by atoms with van der Waals surface area (Å²) in [7, 11) is 0. The Hall–Kier alpha value is -4.91. The van der Waals surface area contributed by atoms with Gasteiger partial charge in [0.1, 0.15) is 0 Å². The van der Waals surface area contributed by atoms with Crippen molar-refractivity contribution in [3.8, 4) is 0 Å². The van der Waals surface area contributed by atoms with Crippen molar-refractivity contribution in [1.82, 2.24) is 0 Å². The molecule has 186 valence electrons. The summed E-state index contributed by atoms with van der Waals surface area (Å²) in [6.45, 7) is 2.47. The van der Waals surface area contributed by atoms with Crippen molar-refractivity contribution in [1.29, 1.82) is 0 Å². The van der Waals surface area contributed by atoms with Crippen LogP contribution in [0.4, 0.5) is 22.7 Å². The van der Waals surface area contributed by atoms with Gasteiger partial charge in [0.05, 0.1) is 6.54 Å². The highest BCUT2D eigenvalue weighted by Crippen LogP contribution is 2.19. The number of nitrogens with zero attached hydrogens (tertiary/aromatic N) is 1. The Balaban J connectivity index is 1.34. The lowest BCUT2D eigenvalue weighted by molar-refractivity contribution is -0.114. The van der Waals surface area contributed by atoms with Crippen molar-refractivity contribution in [3.05, 3.63) is 120 Å². The number of amides is 3. The Morgan fingerprint density at radius 2 is 1.24 bits per heavy atom. The lowest BCUT2D eigenvalue weighted by atomic mass is 10.1. The van der Waals surface area contributed by atoms with Crippen LogP contribution >= 0.6 is 0 Å². The highest BCUT2D eigenvalue weighted by molar-refractivity contribution is 6.07. The first-order valence-electron chi connectivity index (χ1n) is 12.0. The Morgan fingerprint density at radius 1 is 0.649 bits per heavy atom. The second kappa shape index (κ2) is 12.2. The van der Waals surface area contributed by atoms with Gasteiger partial charge in [0.25, 0.3) is 11.8 Å². The maximum absolute atomic E-state index is 13.1. The van der Waals surface area contributed by atoms with Gasteiger partial charge in [0, 0.05) is 40.4 Å². The van der Waals surface area contributed by atoms with Crippen LogP contribution in [0.5, 0.6) is 0 Å². The van der Waals surface area contributed by atoms with Gasteiger partial charge in [0.2, 0.25) is 5.91 Å². The largest absolute Gasteiger partial charge is 0.376 e. The molecule has 0 bridgehead atoms. The van der Waals surface area contributed by atoms with Gasteiger partial charge in [-0.2, -0.15) is 0 Å². The minimum atomic E-state index is -0.261. The first-order chi connectivity index (χ1) is 18.0. The van der Waals surface area contributed by atoms with Crippen molar-refractivity contribution in [3.63, 3.8) is 0 Å². The summed E-state index contributed by atoms with van der Waals surface area (Å²) in [5, 5.41) is 8.73. The van der Waals surface area contributed by atoms with E-state index in [1.54, 1.807) is 71.6 Å². The van der Waals surface area contributed by atoms with E-state index in [4.69, 9.17) is 0 Å². The molecule has 4 aromatic carbocycles. The minimum absolute atomic E-state index is 0.00836. The van der Waals surface area contributed by atoms with Crippen LogP contribution < -0.4 is 20.9 Å². The number of carbonyl (C=O) groups is 3. The summed E-state index contributed by atoms with van der Waals surface area (Å²) in [6.07, 6.45) is 0. The van der Waals surface area contributed by atoms with Crippen molar-refractivity contribution in [2.75, 3.05) is 33.9 Å². The molecule has 4 aromatic rings. The quantitative estimate of drug-likeness (QED) is 0.281. The van der Waals surface area contributed by atoms with E-state index < -0.39 is 0 Å². The predicted molar refractivity (Wildman–Crippen MR) is 148 cm³/mol. The summed E-state index contributed by atoms with van der Waals surface area (Å²) in [4.78, 5) is 39.8. The number of nitrogens with one attached hydrogen (secondary N) is 3. The summed E-state index contributed by atoms with van der Waals surface area (Å²) >= 11 is 0. The van der Waals surface area contributed by atoms with E-state index >= 15 is 0 Å². The molecule has 0 saturated carbocycles. The zero-order valence-electron chi connectivity index (χ0n) is 20.5. The number of hydrogen-bond donors (Lipinski definition) is 3. The second-order valence-electron chi connectivity index (χ2n) is 8.27. The van der Waals surface area contributed by atoms with Crippen LogP contribution in [0.2, 0.25) is 0 Å². The lowest BCUT2D eigenvalue weighted by Crippen LogP contribution is -2.30. The fraction of sp³-hybridized carbons (Fsp3) is 0.100. The molecule has 0 saturated heterocycles. The fourth-order valence-electron chi connectivity index (χ4n) is 3.82. The monoisotopic (exact) mass is 492 g/mol. The molecule has 0 fully saturated rings. The van der Waals surface area contributed by atoms with Crippen LogP contribution in [0, 0.1) is 0 Å². The number of benzene rings is 4. The summed E-state index contributed by atoms with van der Waals surface area (Å²) in [5.41, 5.74) is 3.70. The van der Waals surface area contributed by atoms with Gasteiger partial charge in [-0.05, 0) is 67.6 Å². The highest BCUT2D eigenvalue weighted by atomic mass is 16.2. The van der Waals surface area contributed by atoms with Crippen LogP contribution in [0.15, 0.2) is 109 Å². The third-order valence-corrected chi connectivity index (χ3v) is 5.63. The van der Waals surface area contributed by atoms with Gasteiger partial charge in [-0.15, -0.1) is 0 Å². The maximum Gasteiger partial charge on any atom is 0.258 e. The van der Waals surface area contributed by atoms with Crippen molar-refractivity contribution in [2.24, 2.45) is 0 Å². The number of para-hydroxylation sites is 1. The van der Waals surface area contributed by atoms with Crippen molar-refractivity contribution in [2.45, 2.75) is 6.92 Å². The number of rotatable bonds is 9. The van der Waals surface area contributed by atoms with Gasteiger partial charge in [-0.25, -0.2) is 0 Å². The first-order valence-corrected chi connectivity index (χ1v) is 12.0. The average molecular weight is 493 g/mol. The molecule has 37 heavy (non-hydrogen) atoms. The van der Waals surface area contributed by atoms with Crippen LogP contribution in [-0.2, 0) is 4.79 Å². The predicted octanol–water partition coefficient (Wildman–Crippen LogP) is 5.66. The lowest BCUT2D eigenvalue weighted by Gasteiger charge is -2.21. The van der Waals surface area contributed by atoms with Gasteiger partial charge in [0.15, 0.2) is 0 Å². The SMILES string of the molecule is CCN(C(=O)c1cccc(NCC(=O)Nc2cccc(NC(=O)c3ccccc3)c2)c1)c1ccccc1. The molecule has 3 amide bonds. The molecule has 0 heterocycles. The summed E-state index contributed by atoms with van der Waals surface area (Å²) in [6, 6.07) is 32.5. The number of hydrogen-bond acceptors (Lipinski definition) is 4. The molecule has 4 rings (SSSR count). The Labute approximate surface area is 216 Å². The van der Waals surface area contributed by atoms with E-state index in [9.17, 15) is 14.4 Å². The van der Waals surface area contributed by atoms with Crippen molar-refractivity contribution >= 4 is 40.5 Å². The number of anilines is 4. The summed E-state index contributed by atoms with van der Waals surface area (Å²) < 4.78 is 0. The molecule has 0 atom stereocenters. The second-order valence-corrected chi connectivity index (χ2v) is 8.27. The molecule has 0 spiro atoms. The molecule has 0 aliphatic heterocycles. The van der Waals surface area contributed by atoms with E-state index in [0.717, 1.165) is 5.69 Å². The van der Waals surface area contributed by atoms with Crippen molar-refractivity contribution < 1.29 is 14.4 Å². The maximum atomic E-state index is 13.1. The van der Waals surface area contributed by atoms with E-state index in [2.05, 4.69) is 16.0 Å². The Morgan fingerprint density at radius 3 is 1.95 bits per heavy atom. The fourth-order valence-corrected chi connectivity index (χ4v) is 3.82. The molecule has 0 aliphatic carbocycles. The van der Waals surface area contributed by atoms with Gasteiger partial charge >= 0.3 is 0 Å². The molecule has 0 unspecified atom stereocenters. The average Bonchev–Trinajstić information content (AvgIpc) is 2.94. The Bertz CT molecular complexity index is 1370. The molecule has 0 radical (unpaired) electrons. The van der Waals surface area contributed by atoms with Crippen LogP contribution in [0.3, 0.4) is 0 Å². The molecule has 3 N–H and O–H groups in total. The highest BCUT2D eigenvalue weighted by Gasteiger charge is 2.16. The molecular weight excluding hydrogens is 464 g/mol. The van der Waals surface area contributed by atoms with Gasteiger partial charge in [-0.3, -0.25) is 14.4 Å². The van der Waals surface area contributed by atoms with E-state index in [0.29, 0.717) is 34.7 Å². The first kappa shape index (κ1) is 25.2. The Kier molecular flexibility index (Phi) is 8.29. The summed E-state index contributed by atoms with van der Waals surface area (Å²) in [5.74, 6) is -0.604. The molecule has 7 nitrogen and oxygen atoms in total. The van der Waals surface area contributed by atoms with Crippen LogP contribution in [-0.4, -0.2) is 30.8 Å². The van der Waals surface area contributed by atoms with E-state index in [1.807, 2.05) is 49.4 Å².